The second-order valence-corrected chi connectivity index (χ2v) is 8.47. The Labute approximate surface area is 184 Å². The number of carbonyl (C=O) groups excluding carboxylic acids is 2. The molecule has 162 valence electrons. The number of methoxy groups -OCH3 is 1. The topological polar surface area (TPSA) is 65.6 Å². The van der Waals surface area contributed by atoms with Gasteiger partial charge in [-0.15, -0.1) is 12.4 Å². The molecule has 0 unspecified atom stereocenters. The fraction of sp³-hybridized carbons (Fsp3) is 0.478. The number of amides is 1. The lowest BCUT2D eigenvalue weighted by Gasteiger charge is -2.27. The monoisotopic (exact) mass is 431 g/mol. The minimum absolute atomic E-state index is 0. The summed E-state index contributed by atoms with van der Waals surface area (Å²) in [6.45, 7) is 7.75. The first-order valence-electron chi connectivity index (χ1n) is 10.1. The number of ketones is 1. The molecule has 0 bridgehead atoms. The molecule has 2 aliphatic rings. The Morgan fingerprint density at radius 2 is 1.77 bits per heavy atom. The van der Waals surface area contributed by atoms with Crippen molar-refractivity contribution in [1.82, 2.24) is 14.8 Å². The number of aromatic amines is 1. The molecule has 0 spiro atoms. The fourth-order valence-corrected chi connectivity index (χ4v) is 5.31. The number of aromatic nitrogens is 1. The maximum absolute atomic E-state index is 13.3. The number of aryl methyl sites for hydroxylation is 1. The second kappa shape index (κ2) is 8.44. The third kappa shape index (κ3) is 3.63. The van der Waals surface area contributed by atoms with Crippen LogP contribution in [-0.2, 0) is 0 Å². The van der Waals surface area contributed by atoms with Crippen molar-refractivity contribution < 1.29 is 14.3 Å². The summed E-state index contributed by atoms with van der Waals surface area (Å²) in [6.07, 6.45) is 0. The van der Waals surface area contributed by atoms with Crippen molar-refractivity contribution in [2.75, 3.05) is 33.8 Å². The minimum Gasteiger partial charge on any atom is -0.497 e. The molecule has 0 radical (unpaired) electrons. The van der Waals surface area contributed by atoms with Gasteiger partial charge in [-0.2, -0.15) is 0 Å². The number of halogens is 1. The summed E-state index contributed by atoms with van der Waals surface area (Å²) in [5, 5.41) is 0. The van der Waals surface area contributed by atoms with Crippen LogP contribution >= 0.6 is 12.4 Å². The van der Waals surface area contributed by atoms with Crippen LogP contribution in [0.25, 0.3) is 0 Å². The number of ether oxygens (including phenoxy) is 1. The Kier molecular flexibility index (Phi) is 6.29. The number of fused-ring (bicyclic) bond motifs is 1. The molecular formula is C23H30ClN3O3. The largest absolute Gasteiger partial charge is 0.497 e. The van der Waals surface area contributed by atoms with Gasteiger partial charge in [0.2, 0.25) is 0 Å². The highest BCUT2D eigenvalue weighted by Gasteiger charge is 2.47. The molecule has 2 saturated heterocycles. The van der Waals surface area contributed by atoms with Gasteiger partial charge in [-0.1, -0.05) is 12.1 Å². The first-order chi connectivity index (χ1) is 13.8. The Morgan fingerprint density at radius 1 is 1.10 bits per heavy atom. The summed E-state index contributed by atoms with van der Waals surface area (Å²) in [5.41, 5.74) is 4.01. The Morgan fingerprint density at radius 3 is 2.33 bits per heavy atom. The minimum atomic E-state index is -0.0378. The molecule has 3 atom stereocenters. The maximum Gasteiger partial charge on any atom is 0.255 e. The molecule has 3 heterocycles. The number of carbonyl (C=O) groups is 2. The van der Waals surface area contributed by atoms with Gasteiger partial charge in [0.15, 0.2) is 5.78 Å². The van der Waals surface area contributed by atoms with Crippen LogP contribution in [-0.4, -0.2) is 60.3 Å². The highest BCUT2D eigenvalue weighted by atomic mass is 35.5. The average Bonchev–Trinajstić information content (AvgIpc) is 3.31. The predicted octanol–water partition coefficient (Wildman–Crippen LogP) is 3.64. The SMILES string of the molecule is COc1ccc([C@@H]2[C@@H]3CN(C(=O)c4c(C)[nH]c(C(C)=O)c4C)C[C@@H]3CN2C)cc1.Cl. The molecule has 6 nitrogen and oxygen atoms in total. The first-order valence-corrected chi connectivity index (χ1v) is 10.1. The zero-order valence-corrected chi connectivity index (χ0v) is 19.0. The van der Waals surface area contributed by atoms with Crippen molar-refractivity contribution in [3.8, 4) is 5.75 Å². The molecule has 0 saturated carbocycles. The van der Waals surface area contributed by atoms with Crippen molar-refractivity contribution in [2.45, 2.75) is 26.8 Å². The lowest BCUT2D eigenvalue weighted by atomic mass is 9.89. The molecule has 2 fully saturated rings. The van der Waals surface area contributed by atoms with E-state index in [2.05, 4.69) is 29.1 Å². The molecule has 2 aliphatic heterocycles. The van der Waals surface area contributed by atoms with Crippen molar-refractivity contribution in [2.24, 2.45) is 11.8 Å². The van der Waals surface area contributed by atoms with Crippen molar-refractivity contribution in [1.29, 1.82) is 0 Å². The first kappa shape index (κ1) is 22.4. The normalized spacial score (nSPS) is 23.2. The number of likely N-dealkylation sites (tertiary alicyclic amines) is 2. The third-order valence-corrected chi connectivity index (χ3v) is 6.64. The molecule has 30 heavy (non-hydrogen) atoms. The van der Waals surface area contributed by atoms with Gasteiger partial charge < -0.3 is 14.6 Å². The molecule has 0 aliphatic carbocycles. The third-order valence-electron chi connectivity index (χ3n) is 6.64. The van der Waals surface area contributed by atoms with E-state index in [1.165, 1.54) is 12.5 Å². The van der Waals surface area contributed by atoms with Gasteiger partial charge in [-0.05, 0) is 50.1 Å². The zero-order valence-electron chi connectivity index (χ0n) is 18.2. The lowest BCUT2D eigenvalue weighted by Crippen LogP contribution is -2.34. The molecule has 7 heteroatoms. The summed E-state index contributed by atoms with van der Waals surface area (Å²) in [4.78, 5) is 32.7. The van der Waals surface area contributed by atoms with Crippen LogP contribution in [0.15, 0.2) is 24.3 Å². The smallest absolute Gasteiger partial charge is 0.255 e. The van der Waals surface area contributed by atoms with Gasteiger partial charge in [0, 0.05) is 44.2 Å². The van der Waals surface area contributed by atoms with E-state index in [1.807, 2.05) is 30.9 Å². The molecule has 2 aromatic rings. The molecule has 1 aromatic carbocycles. The van der Waals surface area contributed by atoms with Gasteiger partial charge in [0.05, 0.1) is 18.4 Å². The number of hydrogen-bond acceptors (Lipinski definition) is 4. The molecular weight excluding hydrogens is 402 g/mol. The van der Waals surface area contributed by atoms with Crippen molar-refractivity contribution >= 4 is 24.1 Å². The number of Topliss-reactive ketones (excluding diaryl/α,β-unsaturated/α-hetero) is 1. The molecule has 1 amide bonds. The summed E-state index contributed by atoms with van der Waals surface area (Å²) < 4.78 is 5.29. The zero-order chi connectivity index (χ0) is 20.9. The Balaban J connectivity index is 0.00000256. The van der Waals surface area contributed by atoms with Gasteiger partial charge in [0.25, 0.3) is 5.91 Å². The number of nitrogens with zero attached hydrogens (tertiary/aromatic N) is 2. The summed E-state index contributed by atoms with van der Waals surface area (Å²) in [7, 11) is 3.84. The number of nitrogens with one attached hydrogen (secondary N) is 1. The van der Waals surface area contributed by atoms with E-state index in [0.29, 0.717) is 29.1 Å². The van der Waals surface area contributed by atoms with Crippen molar-refractivity contribution in [3.05, 3.63) is 52.3 Å². The number of hydrogen-bond donors (Lipinski definition) is 1. The summed E-state index contributed by atoms with van der Waals surface area (Å²) >= 11 is 0. The van der Waals surface area contributed by atoms with E-state index >= 15 is 0 Å². The number of H-pyrrole nitrogens is 1. The van der Waals surface area contributed by atoms with Gasteiger partial charge in [-0.3, -0.25) is 14.5 Å². The van der Waals surface area contributed by atoms with Gasteiger partial charge in [0.1, 0.15) is 5.75 Å². The Hall–Kier alpha value is -2.31. The standard InChI is InChI=1S/C23H29N3O3.ClH/c1-13-20(14(2)24-21(13)15(3)27)23(28)26-11-17-10-25(4)22(19(17)12-26)16-6-8-18(29-5)9-7-16;/h6-9,17,19,22,24H,10-12H2,1-5H3;1H/t17-,19+,22+;/m0./s1. The second-order valence-electron chi connectivity index (χ2n) is 8.47. The molecule has 4 rings (SSSR count). The van der Waals surface area contributed by atoms with Crippen LogP contribution in [0.5, 0.6) is 5.75 Å². The quantitative estimate of drug-likeness (QED) is 0.750. The summed E-state index contributed by atoms with van der Waals surface area (Å²) in [6, 6.07) is 8.57. The van der Waals surface area contributed by atoms with Crippen LogP contribution in [0.3, 0.4) is 0 Å². The highest BCUT2D eigenvalue weighted by molar-refractivity contribution is 6.02. The fourth-order valence-electron chi connectivity index (χ4n) is 5.31. The number of benzene rings is 1. The van der Waals surface area contributed by atoms with E-state index in [9.17, 15) is 9.59 Å². The number of rotatable bonds is 4. The molecule has 1 aromatic heterocycles. The van der Waals surface area contributed by atoms with E-state index in [4.69, 9.17) is 4.74 Å². The lowest BCUT2D eigenvalue weighted by molar-refractivity contribution is 0.0766. The maximum atomic E-state index is 13.3. The van der Waals surface area contributed by atoms with Crippen LogP contribution in [0.2, 0.25) is 0 Å². The summed E-state index contributed by atoms with van der Waals surface area (Å²) in [5.74, 6) is 1.72. The van der Waals surface area contributed by atoms with E-state index in [-0.39, 0.29) is 24.1 Å². The molecule has 1 N–H and O–H groups in total. The average molecular weight is 432 g/mol. The van der Waals surface area contributed by atoms with E-state index in [0.717, 1.165) is 36.6 Å². The van der Waals surface area contributed by atoms with E-state index in [1.54, 1.807) is 7.11 Å². The van der Waals surface area contributed by atoms with Crippen LogP contribution in [0.4, 0.5) is 0 Å². The van der Waals surface area contributed by atoms with E-state index < -0.39 is 0 Å². The van der Waals surface area contributed by atoms with Crippen LogP contribution in [0, 0.1) is 25.7 Å². The Bertz CT molecular complexity index is 953. The predicted molar refractivity (Wildman–Crippen MR) is 119 cm³/mol. The van der Waals surface area contributed by atoms with Crippen LogP contribution < -0.4 is 4.74 Å². The van der Waals surface area contributed by atoms with Gasteiger partial charge in [-0.25, -0.2) is 0 Å². The van der Waals surface area contributed by atoms with Crippen molar-refractivity contribution in [3.63, 3.8) is 0 Å². The van der Waals surface area contributed by atoms with Crippen LogP contribution in [0.1, 0.15) is 50.6 Å². The highest BCUT2D eigenvalue weighted by Crippen LogP contribution is 2.44. The van der Waals surface area contributed by atoms with Gasteiger partial charge >= 0.3 is 0 Å².